The molecule has 2 N–H and O–H groups in total. The fourth-order valence-corrected chi connectivity index (χ4v) is 3.17. The molecule has 1 heterocycles. The zero-order valence-corrected chi connectivity index (χ0v) is 15.3. The topological polar surface area (TPSA) is 91.2 Å². The van der Waals surface area contributed by atoms with Crippen molar-refractivity contribution < 1.29 is 9.72 Å². The van der Waals surface area contributed by atoms with E-state index in [9.17, 15) is 14.9 Å². The number of hydrogen-bond donors (Lipinski definition) is 1. The number of benzene rings is 2. The molecular formula is C21H21N3O3. The third-order valence-corrected chi connectivity index (χ3v) is 4.75. The standard InChI is InChI=1S/C21H21N3O3/c1-14-3-5-16(6-4-14)11-12-23-15(2)19(21(22)25)13-20(23)17-7-9-18(10-8-17)24(26)27/h3-10,13H,11-12H2,1-2H3,(H2,22,25). The molecule has 0 aliphatic heterocycles. The minimum atomic E-state index is -0.482. The zero-order valence-electron chi connectivity index (χ0n) is 15.3. The third-order valence-electron chi connectivity index (χ3n) is 4.75. The maximum absolute atomic E-state index is 11.8. The van der Waals surface area contributed by atoms with Crippen LogP contribution in [-0.4, -0.2) is 15.4 Å². The molecule has 0 radical (unpaired) electrons. The number of aryl methyl sites for hydroxylation is 2. The molecule has 1 aromatic heterocycles. The van der Waals surface area contributed by atoms with E-state index in [1.54, 1.807) is 18.2 Å². The van der Waals surface area contributed by atoms with E-state index in [0.717, 1.165) is 23.4 Å². The van der Waals surface area contributed by atoms with Crippen LogP contribution in [0.25, 0.3) is 11.3 Å². The highest BCUT2D eigenvalue weighted by Crippen LogP contribution is 2.28. The number of amides is 1. The van der Waals surface area contributed by atoms with Gasteiger partial charge in [0.1, 0.15) is 0 Å². The first-order valence-corrected chi connectivity index (χ1v) is 8.67. The summed E-state index contributed by atoms with van der Waals surface area (Å²) < 4.78 is 2.04. The molecule has 0 aliphatic carbocycles. The van der Waals surface area contributed by atoms with Gasteiger partial charge in [-0.05, 0) is 49.6 Å². The first kappa shape index (κ1) is 18.4. The summed E-state index contributed by atoms with van der Waals surface area (Å²) in [6, 6.07) is 16.4. The largest absolute Gasteiger partial charge is 0.366 e. The van der Waals surface area contributed by atoms with Crippen molar-refractivity contribution in [2.45, 2.75) is 26.8 Å². The number of nitrogens with zero attached hydrogens (tertiary/aromatic N) is 2. The van der Waals surface area contributed by atoms with Gasteiger partial charge in [-0.1, -0.05) is 29.8 Å². The van der Waals surface area contributed by atoms with Crippen LogP contribution >= 0.6 is 0 Å². The summed E-state index contributed by atoms with van der Waals surface area (Å²) in [6.07, 6.45) is 0.800. The van der Waals surface area contributed by atoms with E-state index in [-0.39, 0.29) is 5.69 Å². The van der Waals surface area contributed by atoms with Crippen LogP contribution in [0.2, 0.25) is 0 Å². The molecule has 0 fully saturated rings. The van der Waals surface area contributed by atoms with Crippen molar-refractivity contribution in [3.63, 3.8) is 0 Å². The third kappa shape index (κ3) is 3.89. The molecular weight excluding hydrogens is 342 g/mol. The van der Waals surface area contributed by atoms with Crippen molar-refractivity contribution in [2.75, 3.05) is 0 Å². The van der Waals surface area contributed by atoms with Gasteiger partial charge in [-0.3, -0.25) is 14.9 Å². The fraction of sp³-hybridized carbons (Fsp3) is 0.190. The molecule has 6 nitrogen and oxygen atoms in total. The van der Waals surface area contributed by atoms with Gasteiger partial charge in [0, 0.05) is 30.1 Å². The van der Waals surface area contributed by atoms with Gasteiger partial charge in [-0.2, -0.15) is 0 Å². The van der Waals surface area contributed by atoms with Crippen LogP contribution in [0.15, 0.2) is 54.6 Å². The molecule has 0 atom stereocenters. The van der Waals surface area contributed by atoms with E-state index in [2.05, 4.69) is 24.3 Å². The minimum absolute atomic E-state index is 0.0309. The number of nitro groups is 1. The SMILES string of the molecule is Cc1ccc(CCn2c(-c3ccc([N+](=O)[O-])cc3)cc(C(N)=O)c2C)cc1. The van der Waals surface area contributed by atoms with Crippen LogP contribution < -0.4 is 5.73 Å². The minimum Gasteiger partial charge on any atom is -0.366 e. The lowest BCUT2D eigenvalue weighted by atomic mass is 10.1. The Morgan fingerprint density at radius 2 is 1.70 bits per heavy atom. The number of carbonyl (C=O) groups is 1. The molecule has 138 valence electrons. The maximum Gasteiger partial charge on any atom is 0.269 e. The summed E-state index contributed by atoms with van der Waals surface area (Å²) in [4.78, 5) is 22.2. The number of nitro benzene ring substituents is 1. The Morgan fingerprint density at radius 3 is 2.26 bits per heavy atom. The molecule has 2 aromatic carbocycles. The van der Waals surface area contributed by atoms with Crippen molar-refractivity contribution in [3.05, 3.63) is 87.1 Å². The van der Waals surface area contributed by atoms with Gasteiger partial charge in [-0.25, -0.2) is 0 Å². The molecule has 0 aliphatic rings. The van der Waals surface area contributed by atoms with Crippen molar-refractivity contribution >= 4 is 11.6 Å². The van der Waals surface area contributed by atoms with E-state index in [4.69, 9.17) is 5.73 Å². The number of carbonyl (C=O) groups excluding carboxylic acids is 1. The smallest absolute Gasteiger partial charge is 0.269 e. The van der Waals surface area contributed by atoms with Crippen LogP contribution in [0.3, 0.4) is 0 Å². The predicted molar refractivity (Wildman–Crippen MR) is 105 cm³/mol. The Hall–Kier alpha value is -3.41. The summed E-state index contributed by atoms with van der Waals surface area (Å²) in [7, 11) is 0. The Bertz CT molecular complexity index is 987. The van der Waals surface area contributed by atoms with Crippen molar-refractivity contribution in [3.8, 4) is 11.3 Å². The summed E-state index contributed by atoms with van der Waals surface area (Å²) in [5.74, 6) is -0.482. The average molecular weight is 363 g/mol. The molecule has 3 rings (SSSR count). The molecule has 3 aromatic rings. The summed E-state index contributed by atoms with van der Waals surface area (Å²) >= 11 is 0. The molecule has 27 heavy (non-hydrogen) atoms. The lowest BCUT2D eigenvalue weighted by molar-refractivity contribution is -0.384. The Kier molecular flexibility index (Phi) is 5.07. The molecule has 0 saturated carbocycles. The number of nitrogens with two attached hydrogens (primary N) is 1. The van der Waals surface area contributed by atoms with Crippen molar-refractivity contribution in [2.24, 2.45) is 5.73 Å². The summed E-state index contributed by atoms with van der Waals surface area (Å²) in [5, 5.41) is 10.9. The quantitative estimate of drug-likeness (QED) is 0.529. The number of primary amides is 1. The van der Waals surface area contributed by atoms with Crippen LogP contribution in [0, 0.1) is 24.0 Å². The lowest BCUT2D eigenvalue weighted by Gasteiger charge is -2.12. The van der Waals surface area contributed by atoms with Gasteiger partial charge >= 0.3 is 0 Å². The van der Waals surface area contributed by atoms with Gasteiger partial charge in [0.2, 0.25) is 0 Å². The van der Waals surface area contributed by atoms with E-state index in [0.29, 0.717) is 12.1 Å². The molecule has 0 saturated heterocycles. The predicted octanol–water partition coefficient (Wildman–Crippen LogP) is 4.02. The second kappa shape index (κ2) is 7.45. The molecule has 6 heteroatoms. The highest BCUT2D eigenvalue weighted by Gasteiger charge is 2.17. The Balaban J connectivity index is 1.97. The van der Waals surface area contributed by atoms with Gasteiger partial charge in [0.25, 0.3) is 11.6 Å². The lowest BCUT2D eigenvalue weighted by Crippen LogP contribution is -2.13. The van der Waals surface area contributed by atoms with Crippen molar-refractivity contribution in [1.82, 2.24) is 4.57 Å². The zero-order chi connectivity index (χ0) is 19.6. The number of hydrogen-bond acceptors (Lipinski definition) is 3. The molecule has 0 spiro atoms. The van der Waals surface area contributed by atoms with Gasteiger partial charge in [0.15, 0.2) is 0 Å². The fourth-order valence-electron chi connectivity index (χ4n) is 3.17. The average Bonchev–Trinajstić information content (AvgIpc) is 2.98. The second-order valence-electron chi connectivity index (χ2n) is 6.58. The number of aromatic nitrogens is 1. The molecule has 0 unspecified atom stereocenters. The van der Waals surface area contributed by atoms with Crippen molar-refractivity contribution in [1.29, 1.82) is 0 Å². The molecule has 0 bridgehead atoms. The van der Waals surface area contributed by atoms with E-state index in [1.165, 1.54) is 23.3 Å². The number of non-ortho nitro benzene ring substituents is 1. The van der Waals surface area contributed by atoms with E-state index in [1.807, 2.05) is 18.4 Å². The van der Waals surface area contributed by atoms with Gasteiger partial charge < -0.3 is 10.3 Å². The van der Waals surface area contributed by atoms with Crippen LogP contribution in [-0.2, 0) is 13.0 Å². The van der Waals surface area contributed by atoms with E-state index >= 15 is 0 Å². The molecule has 1 amide bonds. The van der Waals surface area contributed by atoms with E-state index < -0.39 is 10.8 Å². The van der Waals surface area contributed by atoms with Crippen LogP contribution in [0.5, 0.6) is 0 Å². The first-order valence-electron chi connectivity index (χ1n) is 8.67. The maximum atomic E-state index is 11.8. The Labute approximate surface area is 157 Å². The summed E-state index contributed by atoms with van der Waals surface area (Å²) in [6.45, 7) is 4.59. The highest BCUT2D eigenvalue weighted by molar-refractivity contribution is 5.95. The summed E-state index contributed by atoms with van der Waals surface area (Å²) in [5.41, 5.74) is 10.8. The van der Waals surface area contributed by atoms with Crippen LogP contribution in [0.4, 0.5) is 5.69 Å². The Morgan fingerprint density at radius 1 is 1.07 bits per heavy atom. The number of rotatable bonds is 6. The van der Waals surface area contributed by atoms with Crippen LogP contribution in [0.1, 0.15) is 27.2 Å². The van der Waals surface area contributed by atoms with Gasteiger partial charge in [-0.15, -0.1) is 0 Å². The normalized spacial score (nSPS) is 10.7. The first-order chi connectivity index (χ1) is 12.9. The highest BCUT2D eigenvalue weighted by atomic mass is 16.6. The second-order valence-corrected chi connectivity index (χ2v) is 6.58. The monoisotopic (exact) mass is 363 g/mol. The van der Waals surface area contributed by atoms with Gasteiger partial charge in [0.05, 0.1) is 10.5 Å².